The molecule has 100 valence electrons. The molecule has 0 fully saturated rings. The smallest absolute Gasteiger partial charge is 0.221 e. The maximum Gasteiger partial charge on any atom is 0.221 e. The molecule has 0 aliphatic carbocycles. The number of nitrogens with zero attached hydrogens (tertiary/aromatic N) is 2. The molecule has 0 bridgehead atoms. The third kappa shape index (κ3) is 4.46. The number of nitrogens with one attached hydrogen (secondary N) is 1. The van der Waals surface area contributed by atoms with Gasteiger partial charge in [-0.05, 0) is 24.1 Å². The molecule has 19 heavy (non-hydrogen) atoms. The average molecular weight is 258 g/mol. The van der Waals surface area contributed by atoms with E-state index in [1.54, 1.807) is 12.5 Å². The van der Waals surface area contributed by atoms with E-state index in [0.29, 0.717) is 19.5 Å². The van der Waals surface area contributed by atoms with Gasteiger partial charge in [0.15, 0.2) is 0 Å². The van der Waals surface area contributed by atoms with Gasteiger partial charge in [-0.15, -0.1) is 0 Å². The van der Waals surface area contributed by atoms with Crippen molar-refractivity contribution in [2.24, 2.45) is 0 Å². The van der Waals surface area contributed by atoms with E-state index in [4.69, 9.17) is 5.73 Å². The highest BCUT2D eigenvalue weighted by molar-refractivity contribution is 5.75. The number of nitrogen functional groups attached to an aromatic ring is 1. The van der Waals surface area contributed by atoms with Crippen molar-refractivity contribution in [3.63, 3.8) is 0 Å². The van der Waals surface area contributed by atoms with Gasteiger partial charge in [0.2, 0.25) is 5.91 Å². The van der Waals surface area contributed by atoms with Gasteiger partial charge in [0, 0.05) is 37.6 Å². The Labute approximate surface area is 112 Å². The summed E-state index contributed by atoms with van der Waals surface area (Å²) in [5.74, 6) is 0.0594. The van der Waals surface area contributed by atoms with Gasteiger partial charge in [-0.25, -0.2) is 4.98 Å². The number of carbonyl (C=O) groups is 1. The summed E-state index contributed by atoms with van der Waals surface area (Å²) in [4.78, 5) is 15.5. The summed E-state index contributed by atoms with van der Waals surface area (Å²) >= 11 is 0. The first-order valence-electron chi connectivity index (χ1n) is 6.31. The van der Waals surface area contributed by atoms with E-state index >= 15 is 0 Å². The van der Waals surface area contributed by atoms with E-state index in [1.165, 1.54) is 5.56 Å². The van der Waals surface area contributed by atoms with E-state index in [9.17, 15) is 4.79 Å². The van der Waals surface area contributed by atoms with Crippen LogP contribution in [0.3, 0.4) is 0 Å². The molecule has 5 heteroatoms. The molecule has 0 saturated heterocycles. The van der Waals surface area contributed by atoms with Gasteiger partial charge in [-0.1, -0.05) is 12.1 Å². The van der Waals surface area contributed by atoms with Gasteiger partial charge in [-0.2, -0.15) is 0 Å². The first-order chi connectivity index (χ1) is 9.24. The molecule has 0 atom stereocenters. The fourth-order valence-electron chi connectivity index (χ4n) is 1.77. The lowest BCUT2D eigenvalue weighted by Gasteiger charge is -2.06. The lowest BCUT2D eigenvalue weighted by Crippen LogP contribution is -2.26. The lowest BCUT2D eigenvalue weighted by molar-refractivity contribution is -0.121. The first kappa shape index (κ1) is 13.1. The van der Waals surface area contributed by atoms with Gasteiger partial charge in [0.1, 0.15) is 0 Å². The summed E-state index contributed by atoms with van der Waals surface area (Å²) in [7, 11) is 0. The topological polar surface area (TPSA) is 72.9 Å². The van der Waals surface area contributed by atoms with Crippen molar-refractivity contribution in [2.75, 3.05) is 12.3 Å². The number of carbonyl (C=O) groups excluding carboxylic acids is 1. The van der Waals surface area contributed by atoms with Crippen molar-refractivity contribution < 1.29 is 4.79 Å². The summed E-state index contributed by atoms with van der Waals surface area (Å²) < 4.78 is 1.89. The zero-order valence-electron chi connectivity index (χ0n) is 10.7. The van der Waals surface area contributed by atoms with Crippen LogP contribution in [-0.4, -0.2) is 22.0 Å². The molecule has 0 radical (unpaired) electrons. The molecule has 1 aromatic heterocycles. The second kappa shape index (κ2) is 6.58. The molecular weight excluding hydrogens is 240 g/mol. The van der Waals surface area contributed by atoms with Crippen LogP contribution < -0.4 is 11.1 Å². The Balaban J connectivity index is 1.65. The largest absolute Gasteiger partial charge is 0.399 e. The number of amides is 1. The third-order valence-corrected chi connectivity index (χ3v) is 2.87. The molecule has 0 unspecified atom stereocenters. The van der Waals surface area contributed by atoms with Crippen LogP contribution in [0.4, 0.5) is 5.69 Å². The minimum Gasteiger partial charge on any atom is -0.399 e. The number of rotatable bonds is 6. The summed E-state index contributed by atoms with van der Waals surface area (Å²) in [6.07, 6.45) is 6.55. The van der Waals surface area contributed by atoms with E-state index in [0.717, 1.165) is 12.1 Å². The van der Waals surface area contributed by atoms with E-state index in [-0.39, 0.29) is 5.91 Å². The van der Waals surface area contributed by atoms with Crippen LogP contribution in [0.2, 0.25) is 0 Å². The van der Waals surface area contributed by atoms with Gasteiger partial charge in [0.05, 0.1) is 6.33 Å². The molecule has 0 saturated carbocycles. The highest BCUT2D eigenvalue weighted by Gasteiger charge is 2.01. The molecular formula is C14H18N4O. The number of hydrogen-bond acceptors (Lipinski definition) is 3. The van der Waals surface area contributed by atoms with Crippen LogP contribution in [-0.2, 0) is 17.8 Å². The molecule has 1 aromatic carbocycles. The Morgan fingerprint density at radius 2 is 2.11 bits per heavy atom. The number of imidazole rings is 1. The van der Waals surface area contributed by atoms with Gasteiger partial charge >= 0.3 is 0 Å². The average Bonchev–Trinajstić information content (AvgIpc) is 2.92. The zero-order chi connectivity index (χ0) is 13.5. The van der Waals surface area contributed by atoms with Crippen LogP contribution in [0.15, 0.2) is 43.0 Å². The Bertz CT molecular complexity index is 505. The molecule has 0 spiro atoms. The van der Waals surface area contributed by atoms with Crippen LogP contribution in [0.5, 0.6) is 0 Å². The number of benzene rings is 1. The van der Waals surface area contributed by atoms with Crippen molar-refractivity contribution >= 4 is 11.6 Å². The Hall–Kier alpha value is -2.30. The number of aryl methyl sites for hydroxylation is 1. The summed E-state index contributed by atoms with van der Waals surface area (Å²) in [5, 5.41) is 2.90. The minimum atomic E-state index is 0.0594. The van der Waals surface area contributed by atoms with Crippen LogP contribution in [0.1, 0.15) is 12.0 Å². The quantitative estimate of drug-likeness (QED) is 0.765. The second-order valence-corrected chi connectivity index (χ2v) is 4.39. The highest BCUT2D eigenvalue weighted by Crippen LogP contribution is 2.05. The Morgan fingerprint density at radius 1 is 1.32 bits per heavy atom. The molecule has 3 N–H and O–H groups in total. The SMILES string of the molecule is Nc1ccc(CCNC(=O)CCn2ccnc2)cc1. The normalized spacial score (nSPS) is 10.3. The van der Waals surface area contributed by atoms with Crippen molar-refractivity contribution in [3.05, 3.63) is 48.5 Å². The predicted octanol–water partition coefficient (Wildman–Crippen LogP) is 1.21. The number of nitrogens with two attached hydrogens (primary N) is 1. The molecule has 1 heterocycles. The van der Waals surface area contributed by atoms with E-state index < -0.39 is 0 Å². The molecule has 5 nitrogen and oxygen atoms in total. The number of anilines is 1. The van der Waals surface area contributed by atoms with Crippen molar-refractivity contribution in [1.29, 1.82) is 0 Å². The van der Waals surface area contributed by atoms with Crippen molar-refractivity contribution in [3.8, 4) is 0 Å². The van der Waals surface area contributed by atoms with Gasteiger partial charge < -0.3 is 15.6 Å². The fourth-order valence-corrected chi connectivity index (χ4v) is 1.77. The van der Waals surface area contributed by atoms with Crippen LogP contribution in [0.25, 0.3) is 0 Å². The van der Waals surface area contributed by atoms with Gasteiger partial charge in [0.25, 0.3) is 0 Å². The third-order valence-electron chi connectivity index (χ3n) is 2.87. The standard InChI is InChI=1S/C14H18N4O/c15-13-3-1-12(2-4-13)5-7-17-14(19)6-9-18-10-8-16-11-18/h1-4,8,10-11H,5-7,9,15H2,(H,17,19). The highest BCUT2D eigenvalue weighted by atomic mass is 16.1. The van der Waals surface area contributed by atoms with Crippen LogP contribution in [0, 0.1) is 0 Å². The maximum absolute atomic E-state index is 11.6. The molecule has 2 rings (SSSR count). The monoisotopic (exact) mass is 258 g/mol. The first-order valence-corrected chi connectivity index (χ1v) is 6.31. The van der Waals surface area contributed by atoms with Crippen molar-refractivity contribution in [2.45, 2.75) is 19.4 Å². The lowest BCUT2D eigenvalue weighted by atomic mass is 10.1. The predicted molar refractivity (Wildman–Crippen MR) is 74.4 cm³/mol. The molecule has 2 aromatic rings. The van der Waals surface area contributed by atoms with Gasteiger partial charge in [-0.3, -0.25) is 4.79 Å². The maximum atomic E-state index is 11.6. The Morgan fingerprint density at radius 3 is 2.79 bits per heavy atom. The number of aromatic nitrogens is 2. The zero-order valence-corrected chi connectivity index (χ0v) is 10.7. The molecule has 0 aliphatic rings. The van der Waals surface area contributed by atoms with Crippen LogP contribution >= 0.6 is 0 Å². The summed E-state index contributed by atoms with van der Waals surface area (Å²) in [6, 6.07) is 7.70. The molecule has 1 amide bonds. The minimum absolute atomic E-state index is 0.0594. The molecule has 0 aliphatic heterocycles. The fraction of sp³-hybridized carbons (Fsp3) is 0.286. The van der Waals surface area contributed by atoms with Crippen molar-refractivity contribution in [1.82, 2.24) is 14.9 Å². The van der Waals surface area contributed by atoms with E-state index in [2.05, 4.69) is 10.3 Å². The van der Waals surface area contributed by atoms with E-state index in [1.807, 2.05) is 35.0 Å². The summed E-state index contributed by atoms with van der Waals surface area (Å²) in [5.41, 5.74) is 7.54. The Kier molecular flexibility index (Phi) is 4.55. The summed E-state index contributed by atoms with van der Waals surface area (Å²) in [6.45, 7) is 1.31. The number of hydrogen-bond donors (Lipinski definition) is 2. The second-order valence-electron chi connectivity index (χ2n) is 4.39.